The lowest BCUT2D eigenvalue weighted by atomic mass is 9.96. The number of hydrogen-bond acceptors (Lipinski definition) is 2. The summed E-state index contributed by atoms with van der Waals surface area (Å²) in [6, 6.07) is 76.4. The van der Waals surface area contributed by atoms with Crippen molar-refractivity contribution >= 4 is 71.3 Å². The van der Waals surface area contributed by atoms with Gasteiger partial charge in [0.1, 0.15) is 11.2 Å². The van der Waals surface area contributed by atoms with Crippen LogP contribution in [0.15, 0.2) is 217 Å². The summed E-state index contributed by atoms with van der Waals surface area (Å²) in [5.74, 6) is 0. The standard InChI is InChI=1S/C54H35NO/c1-4-15-45-38(10-1)13-7-18-47(45)41-24-22-36(23-25-41)37-26-31-43(32-27-37)55(44-33-28-42(29-34-44)48-19-8-14-39-11-2-5-16-46(39)48)51-20-9-21-52-53(51)50-35-30-40-12-3-6-17-49(40)54(50)56-52/h1-35H. The molecule has 0 saturated carbocycles. The third-order valence-corrected chi connectivity index (χ3v) is 11.3. The van der Waals surface area contributed by atoms with E-state index in [1.165, 1.54) is 60.3 Å². The molecule has 0 spiro atoms. The van der Waals surface area contributed by atoms with Crippen molar-refractivity contribution in [3.63, 3.8) is 0 Å². The van der Waals surface area contributed by atoms with E-state index >= 15 is 0 Å². The number of nitrogens with zero attached hydrogens (tertiary/aromatic N) is 1. The van der Waals surface area contributed by atoms with Crippen LogP contribution >= 0.6 is 0 Å². The fourth-order valence-corrected chi connectivity index (χ4v) is 8.54. The van der Waals surface area contributed by atoms with Gasteiger partial charge in [-0.1, -0.05) is 170 Å². The van der Waals surface area contributed by atoms with Crippen molar-refractivity contribution in [2.75, 3.05) is 4.90 Å². The molecule has 0 radical (unpaired) electrons. The zero-order valence-corrected chi connectivity index (χ0v) is 30.6. The molecule has 0 aliphatic heterocycles. The van der Waals surface area contributed by atoms with E-state index in [0.717, 1.165) is 44.4 Å². The Morgan fingerprint density at radius 3 is 1.34 bits per heavy atom. The van der Waals surface area contributed by atoms with Crippen molar-refractivity contribution in [2.24, 2.45) is 0 Å². The van der Waals surface area contributed by atoms with Crippen molar-refractivity contribution < 1.29 is 4.42 Å². The highest BCUT2D eigenvalue weighted by atomic mass is 16.3. The van der Waals surface area contributed by atoms with E-state index in [-0.39, 0.29) is 0 Å². The molecule has 11 rings (SSSR count). The number of benzene rings is 10. The molecule has 0 aliphatic rings. The minimum atomic E-state index is 0.870. The predicted molar refractivity (Wildman–Crippen MR) is 237 cm³/mol. The molecular formula is C54H35NO. The lowest BCUT2D eigenvalue weighted by Crippen LogP contribution is -2.10. The van der Waals surface area contributed by atoms with Crippen LogP contribution in [0.3, 0.4) is 0 Å². The molecule has 1 aromatic heterocycles. The van der Waals surface area contributed by atoms with Gasteiger partial charge in [-0.05, 0) is 103 Å². The van der Waals surface area contributed by atoms with E-state index in [4.69, 9.17) is 4.42 Å². The van der Waals surface area contributed by atoms with Crippen LogP contribution in [0.25, 0.3) is 87.6 Å². The highest BCUT2D eigenvalue weighted by molar-refractivity contribution is 6.19. The van der Waals surface area contributed by atoms with E-state index in [2.05, 4.69) is 217 Å². The summed E-state index contributed by atoms with van der Waals surface area (Å²) in [4.78, 5) is 2.37. The first kappa shape index (κ1) is 32.0. The van der Waals surface area contributed by atoms with Crippen molar-refractivity contribution in [1.29, 1.82) is 0 Å². The molecule has 2 heteroatoms. The number of furan rings is 1. The quantitative estimate of drug-likeness (QED) is 0.171. The molecule has 0 bridgehead atoms. The second kappa shape index (κ2) is 13.2. The fraction of sp³-hybridized carbons (Fsp3) is 0. The van der Waals surface area contributed by atoms with E-state index < -0.39 is 0 Å². The molecule has 0 amide bonds. The topological polar surface area (TPSA) is 16.4 Å². The Labute approximate surface area is 325 Å². The molecule has 56 heavy (non-hydrogen) atoms. The van der Waals surface area contributed by atoms with Crippen molar-refractivity contribution in [2.45, 2.75) is 0 Å². The lowest BCUT2D eigenvalue weighted by molar-refractivity contribution is 0.672. The van der Waals surface area contributed by atoms with Crippen LogP contribution in [-0.4, -0.2) is 0 Å². The first-order chi connectivity index (χ1) is 27.8. The Kier molecular flexibility index (Phi) is 7.53. The number of hydrogen-bond donors (Lipinski definition) is 0. The third-order valence-electron chi connectivity index (χ3n) is 11.3. The number of anilines is 3. The molecule has 0 unspecified atom stereocenters. The van der Waals surface area contributed by atoms with Gasteiger partial charge in [-0.15, -0.1) is 0 Å². The Morgan fingerprint density at radius 2 is 0.750 bits per heavy atom. The summed E-state index contributed by atoms with van der Waals surface area (Å²) in [5, 5.41) is 9.51. The van der Waals surface area contributed by atoms with Crippen molar-refractivity contribution in [3.8, 4) is 33.4 Å². The van der Waals surface area contributed by atoms with Gasteiger partial charge in [-0.3, -0.25) is 0 Å². The molecule has 0 atom stereocenters. The van der Waals surface area contributed by atoms with Crippen LogP contribution in [0.1, 0.15) is 0 Å². The van der Waals surface area contributed by atoms with Crippen LogP contribution in [-0.2, 0) is 0 Å². The van der Waals surface area contributed by atoms with E-state index in [9.17, 15) is 0 Å². The van der Waals surface area contributed by atoms with Gasteiger partial charge in [0.15, 0.2) is 0 Å². The maximum Gasteiger partial charge on any atom is 0.143 e. The van der Waals surface area contributed by atoms with Crippen LogP contribution in [0.5, 0.6) is 0 Å². The van der Waals surface area contributed by atoms with Gasteiger partial charge in [-0.25, -0.2) is 0 Å². The van der Waals surface area contributed by atoms with Crippen LogP contribution in [0, 0.1) is 0 Å². The van der Waals surface area contributed by atoms with Gasteiger partial charge < -0.3 is 9.32 Å². The predicted octanol–water partition coefficient (Wildman–Crippen LogP) is 15.5. The Balaban J connectivity index is 1.02. The number of rotatable bonds is 6. The van der Waals surface area contributed by atoms with Gasteiger partial charge in [0.2, 0.25) is 0 Å². The van der Waals surface area contributed by atoms with Crippen LogP contribution in [0.2, 0.25) is 0 Å². The van der Waals surface area contributed by atoms with Crippen molar-refractivity contribution in [1.82, 2.24) is 0 Å². The van der Waals surface area contributed by atoms with Gasteiger partial charge in [0.25, 0.3) is 0 Å². The monoisotopic (exact) mass is 713 g/mol. The third kappa shape index (κ3) is 5.34. The summed E-state index contributed by atoms with van der Waals surface area (Å²) < 4.78 is 6.66. The first-order valence-corrected chi connectivity index (χ1v) is 19.2. The molecular weight excluding hydrogens is 679 g/mol. The summed E-state index contributed by atoms with van der Waals surface area (Å²) in [5.41, 5.74) is 12.2. The van der Waals surface area contributed by atoms with Crippen LogP contribution in [0.4, 0.5) is 17.1 Å². The molecule has 0 saturated heterocycles. The zero-order valence-electron chi connectivity index (χ0n) is 30.6. The van der Waals surface area contributed by atoms with Crippen molar-refractivity contribution in [3.05, 3.63) is 212 Å². The number of fused-ring (bicyclic) bond motifs is 7. The second-order valence-electron chi connectivity index (χ2n) is 14.5. The van der Waals surface area contributed by atoms with Gasteiger partial charge >= 0.3 is 0 Å². The Morgan fingerprint density at radius 1 is 0.304 bits per heavy atom. The molecule has 0 aliphatic carbocycles. The van der Waals surface area contributed by atoms with Gasteiger partial charge in [0, 0.05) is 22.1 Å². The van der Waals surface area contributed by atoms with Crippen LogP contribution < -0.4 is 4.90 Å². The SMILES string of the molecule is c1ccc2c(-c3ccc(-c4ccc(N(c5ccc(-c6cccc7ccccc67)cc5)c5cccc6oc7c8ccccc8ccc7c56)cc4)cc3)cccc2c1. The molecule has 262 valence electrons. The normalized spacial score (nSPS) is 11.6. The van der Waals surface area contributed by atoms with E-state index in [1.54, 1.807) is 0 Å². The average Bonchev–Trinajstić information content (AvgIpc) is 3.67. The van der Waals surface area contributed by atoms with Gasteiger partial charge in [-0.2, -0.15) is 0 Å². The first-order valence-electron chi connectivity index (χ1n) is 19.2. The average molecular weight is 714 g/mol. The molecule has 2 nitrogen and oxygen atoms in total. The Hall–Kier alpha value is -7.42. The summed E-state index contributed by atoms with van der Waals surface area (Å²) in [6.07, 6.45) is 0. The zero-order chi connectivity index (χ0) is 37.0. The Bertz CT molecular complexity index is 3220. The largest absolute Gasteiger partial charge is 0.455 e. The summed E-state index contributed by atoms with van der Waals surface area (Å²) in [7, 11) is 0. The summed E-state index contributed by atoms with van der Waals surface area (Å²) >= 11 is 0. The molecule has 0 fully saturated rings. The minimum absolute atomic E-state index is 0.870. The van der Waals surface area contributed by atoms with E-state index in [0.29, 0.717) is 0 Å². The minimum Gasteiger partial charge on any atom is -0.455 e. The molecule has 1 heterocycles. The smallest absolute Gasteiger partial charge is 0.143 e. The summed E-state index contributed by atoms with van der Waals surface area (Å²) in [6.45, 7) is 0. The highest BCUT2D eigenvalue weighted by Crippen LogP contribution is 2.45. The lowest BCUT2D eigenvalue weighted by Gasteiger charge is -2.26. The van der Waals surface area contributed by atoms with E-state index in [1.807, 2.05) is 0 Å². The van der Waals surface area contributed by atoms with Gasteiger partial charge in [0.05, 0.1) is 11.1 Å². The molecule has 10 aromatic carbocycles. The fourth-order valence-electron chi connectivity index (χ4n) is 8.54. The maximum atomic E-state index is 6.66. The molecule has 11 aromatic rings. The highest BCUT2D eigenvalue weighted by Gasteiger charge is 2.21. The second-order valence-corrected chi connectivity index (χ2v) is 14.5. The maximum absolute atomic E-state index is 6.66. The molecule has 0 N–H and O–H groups in total.